The van der Waals surface area contributed by atoms with Crippen molar-refractivity contribution in [3.05, 3.63) is 42.0 Å². The van der Waals surface area contributed by atoms with E-state index >= 15 is 0 Å². The number of esters is 1. The molecule has 0 aliphatic rings. The van der Waals surface area contributed by atoms with Gasteiger partial charge in [-0.15, -0.1) is 6.58 Å². The van der Waals surface area contributed by atoms with Crippen LogP contribution in [0.15, 0.2) is 30.9 Å². The first kappa shape index (κ1) is 18.7. The van der Waals surface area contributed by atoms with Crippen LogP contribution in [0.3, 0.4) is 0 Å². The van der Waals surface area contributed by atoms with Crippen molar-refractivity contribution in [3.8, 4) is 5.75 Å². The van der Waals surface area contributed by atoms with Crippen LogP contribution >= 0.6 is 0 Å². The summed E-state index contributed by atoms with van der Waals surface area (Å²) in [4.78, 5) is 25.3. The Bertz CT molecular complexity index is 534. The van der Waals surface area contributed by atoms with E-state index in [2.05, 4.69) is 6.58 Å². The molecule has 1 amide bonds. The van der Waals surface area contributed by atoms with Crippen molar-refractivity contribution in [1.29, 1.82) is 0 Å². The molecule has 0 saturated carbocycles. The zero-order valence-corrected chi connectivity index (χ0v) is 14.1. The van der Waals surface area contributed by atoms with Crippen molar-refractivity contribution in [2.45, 2.75) is 27.2 Å². The number of ether oxygens (including phenoxy) is 2. The van der Waals surface area contributed by atoms with Gasteiger partial charge in [-0.2, -0.15) is 0 Å². The molecular weight excluding hydrogens is 294 g/mol. The monoisotopic (exact) mass is 319 g/mol. The van der Waals surface area contributed by atoms with E-state index in [0.29, 0.717) is 19.7 Å². The molecule has 1 rings (SSSR count). The fourth-order valence-electron chi connectivity index (χ4n) is 2.19. The lowest BCUT2D eigenvalue weighted by molar-refractivity contribution is -0.144. The minimum atomic E-state index is -0.315. The summed E-state index contributed by atoms with van der Waals surface area (Å²) in [5.74, 6) is 0.228. The van der Waals surface area contributed by atoms with Crippen LogP contribution in [0.5, 0.6) is 5.75 Å². The average molecular weight is 319 g/mol. The van der Waals surface area contributed by atoms with Crippen LogP contribution in [0.4, 0.5) is 0 Å². The zero-order chi connectivity index (χ0) is 17.2. The maximum absolute atomic E-state index is 12.3. The fourth-order valence-corrected chi connectivity index (χ4v) is 2.19. The summed E-state index contributed by atoms with van der Waals surface area (Å²) in [5.41, 5.74) is 1.97. The largest absolute Gasteiger partial charge is 0.483 e. The van der Waals surface area contributed by atoms with Crippen molar-refractivity contribution in [1.82, 2.24) is 4.90 Å². The van der Waals surface area contributed by atoms with Crippen LogP contribution < -0.4 is 4.74 Å². The molecule has 23 heavy (non-hydrogen) atoms. The molecule has 0 aliphatic heterocycles. The minimum absolute atomic E-state index is 0.0671. The molecule has 0 unspecified atom stereocenters. The summed E-state index contributed by atoms with van der Waals surface area (Å²) >= 11 is 0. The summed E-state index contributed by atoms with van der Waals surface area (Å²) in [5, 5.41) is 0. The highest BCUT2D eigenvalue weighted by Crippen LogP contribution is 2.22. The molecule has 0 saturated heterocycles. The summed E-state index contributed by atoms with van der Waals surface area (Å²) in [6.07, 6.45) is 1.79. The Labute approximate surface area is 137 Å². The standard InChI is InChI=1S/C18H25NO4/c1-5-11-19(12-10-17(21)22-6-2)16(20)13-23-18-14(3)8-7-9-15(18)4/h5,7-9H,1,6,10-13H2,2-4H3. The number of benzene rings is 1. The van der Waals surface area contributed by atoms with Crippen molar-refractivity contribution < 1.29 is 19.1 Å². The highest BCUT2D eigenvalue weighted by Gasteiger charge is 2.16. The van der Waals surface area contributed by atoms with E-state index in [-0.39, 0.29) is 24.9 Å². The molecular formula is C18H25NO4. The number of amides is 1. The molecule has 0 heterocycles. The van der Waals surface area contributed by atoms with Crippen molar-refractivity contribution in [2.75, 3.05) is 26.3 Å². The topological polar surface area (TPSA) is 55.8 Å². The molecule has 1 aromatic carbocycles. The molecule has 0 bridgehead atoms. The van der Waals surface area contributed by atoms with Gasteiger partial charge in [0.15, 0.2) is 6.61 Å². The summed E-state index contributed by atoms with van der Waals surface area (Å²) < 4.78 is 10.5. The van der Waals surface area contributed by atoms with Gasteiger partial charge in [0.25, 0.3) is 5.91 Å². The average Bonchev–Trinajstić information content (AvgIpc) is 2.51. The third-order valence-corrected chi connectivity index (χ3v) is 3.34. The van der Waals surface area contributed by atoms with E-state index in [4.69, 9.17) is 9.47 Å². The van der Waals surface area contributed by atoms with Gasteiger partial charge in [-0.3, -0.25) is 9.59 Å². The Hall–Kier alpha value is -2.30. The van der Waals surface area contributed by atoms with Crippen LogP contribution in [-0.2, 0) is 14.3 Å². The molecule has 5 heteroatoms. The first-order valence-corrected chi connectivity index (χ1v) is 7.72. The SMILES string of the molecule is C=CCN(CCC(=O)OCC)C(=O)COc1c(C)cccc1C. The second kappa shape index (κ2) is 9.66. The summed E-state index contributed by atoms with van der Waals surface area (Å²) in [6.45, 7) is 10.2. The Morgan fingerprint density at radius 3 is 2.48 bits per heavy atom. The van der Waals surface area contributed by atoms with Gasteiger partial charge in [0.05, 0.1) is 13.0 Å². The predicted octanol–water partition coefficient (Wildman–Crippen LogP) is 2.65. The molecule has 0 N–H and O–H groups in total. The van der Waals surface area contributed by atoms with Gasteiger partial charge in [0.2, 0.25) is 0 Å². The molecule has 0 spiro atoms. The van der Waals surface area contributed by atoms with Crippen molar-refractivity contribution >= 4 is 11.9 Å². The highest BCUT2D eigenvalue weighted by atomic mass is 16.5. The highest BCUT2D eigenvalue weighted by molar-refractivity contribution is 5.79. The van der Waals surface area contributed by atoms with Gasteiger partial charge in [-0.05, 0) is 31.9 Å². The number of carbonyl (C=O) groups excluding carboxylic acids is 2. The zero-order valence-electron chi connectivity index (χ0n) is 14.1. The van der Waals surface area contributed by atoms with Crippen LogP contribution in [0.1, 0.15) is 24.5 Å². The van der Waals surface area contributed by atoms with Gasteiger partial charge < -0.3 is 14.4 Å². The van der Waals surface area contributed by atoms with Gasteiger partial charge >= 0.3 is 5.97 Å². The van der Waals surface area contributed by atoms with Gasteiger partial charge in [0.1, 0.15) is 5.75 Å². The molecule has 0 aliphatic carbocycles. The molecule has 0 fully saturated rings. The van der Waals surface area contributed by atoms with Crippen molar-refractivity contribution in [3.63, 3.8) is 0 Å². The second-order valence-electron chi connectivity index (χ2n) is 5.19. The maximum atomic E-state index is 12.3. The van der Waals surface area contributed by atoms with E-state index in [1.807, 2.05) is 32.0 Å². The predicted molar refractivity (Wildman–Crippen MR) is 89.4 cm³/mol. The molecule has 5 nitrogen and oxygen atoms in total. The lowest BCUT2D eigenvalue weighted by atomic mass is 10.1. The van der Waals surface area contributed by atoms with Crippen LogP contribution in [0.25, 0.3) is 0 Å². The Morgan fingerprint density at radius 1 is 1.26 bits per heavy atom. The normalized spacial score (nSPS) is 10.0. The van der Waals surface area contributed by atoms with E-state index in [1.54, 1.807) is 13.0 Å². The maximum Gasteiger partial charge on any atom is 0.307 e. The van der Waals surface area contributed by atoms with Crippen LogP contribution in [-0.4, -0.2) is 43.1 Å². The van der Waals surface area contributed by atoms with Crippen LogP contribution in [0, 0.1) is 13.8 Å². The quantitative estimate of drug-likeness (QED) is 0.519. The first-order valence-electron chi connectivity index (χ1n) is 7.72. The van der Waals surface area contributed by atoms with Gasteiger partial charge in [-0.25, -0.2) is 0 Å². The van der Waals surface area contributed by atoms with Gasteiger partial charge in [0, 0.05) is 13.1 Å². The third kappa shape index (κ3) is 6.14. The Balaban J connectivity index is 2.60. The number of rotatable bonds is 9. The van der Waals surface area contributed by atoms with E-state index in [1.165, 1.54) is 4.90 Å². The molecule has 126 valence electrons. The molecule has 1 aromatic rings. The third-order valence-electron chi connectivity index (χ3n) is 3.34. The number of carbonyl (C=O) groups is 2. The smallest absolute Gasteiger partial charge is 0.307 e. The number of hydrogen-bond acceptors (Lipinski definition) is 4. The number of aryl methyl sites for hydroxylation is 2. The number of para-hydroxylation sites is 1. The van der Waals surface area contributed by atoms with E-state index < -0.39 is 0 Å². The van der Waals surface area contributed by atoms with Crippen molar-refractivity contribution in [2.24, 2.45) is 0 Å². The Kier molecular flexibility index (Phi) is 7.88. The molecule has 0 radical (unpaired) electrons. The summed E-state index contributed by atoms with van der Waals surface area (Å²) in [6, 6.07) is 5.83. The molecule has 0 atom stereocenters. The van der Waals surface area contributed by atoms with Crippen LogP contribution in [0.2, 0.25) is 0 Å². The fraction of sp³-hybridized carbons (Fsp3) is 0.444. The number of hydrogen-bond donors (Lipinski definition) is 0. The first-order chi connectivity index (χ1) is 11.0. The minimum Gasteiger partial charge on any atom is -0.483 e. The van der Waals surface area contributed by atoms with E-state index in [0.717, 1.165) is 16.9 Å². The number of nitrogens with zero attached hydrogens (tertiary/aromatic N) is 1. The Morgan fingerprint density at radius 2 is 1.91 bits per heavy atom. The van der Waals surface area contributed by atoms with E-state index in [9.17, 15) is 9.59 Å². The molecule has 0 aromatic heterocycles. The lowest BCUT2D eigenvalue weighted by Gasteiger charge is -2.21. The second-order valence-corrected chi connectivity index (χ2v) is 5.19. The van der Waals surface area contributed by atoms with Gasteiger partial charge in [-0.1, -0.05) is 24.3 Å². The lowest BCUT2D eigenvalue weighted by Crippen LogP contribution is -2.37. The summed E-state index contributed by atoms with van der Waals surface area (Å²) in [7, 11) is 0.